The van der Waals surface area contributed by atoms with Crippen molar-refractivity contribution in [2.24, 2.45) is 0 Å². The average molecular weight is 598 g/mol. The van der Waals surface area contributed by atoms with Crippen LogP contribution in [0.2, 0.25) is 0 Å². The molecule has 0 saturated carbocycles. The van der Waals surface area contributed by atoms with E-state index in [4.69, 9.17) is 4.74 Å². The molecule has 9 heteroatoms. The monoisotopic (exact) mass is 597 g/mol. The van der Waals surface area contributed by atoms with Gasteiger partial charge in [0.15, 0.2) is 6.10 Å². The molecule has 0 aliphatic carbocycles. The first-order valence-corrected chi connectivity index (χ1v) is 15.8. The number of carbonyl (C=O) groups is 2. The lowest BCUT2D eigenvalue weighted by Gasteiger charge is -2.34. The van der Waals surface area contributed by atoms with E-state index in [1.54, 1.807) is 48.2 Å². The molecule has 0 aromatic heterocycles. The molecule has 1 aliphatic heterocycles. The maximum absolute atomic E-state index is 13.4. The number of para-hydroxylation sites is 2. The number of hydrogen-bond acceptors (Lipinski definition) is 5. The van der Waals surface area contributed by atoms with E-state index in [0.29, 0.717) is 30.8 Å². The number of amides is 2. The second-order valence-electron chi connectivity index (χ2n) is 10.5. The number of nitrogens with zero attached hydrogens (tertiary/aromatic N) is 1. The molecule has 2 atom stereocenters. The van der Waals surface area contributed by atoms with E-state index in [1.807, 2.05) is 72.8 Å². The van der Waals surface area contributed by atoms with Gasteiger partial charge in [0, 0.05) is 19.0 Å². The molecule has 0 unspecified atom stereocenters. The van der Waals surface area contributed by atoms with E-state index < -0.39 is 16.1 Å². The van der Waals surface area contributed by atoms with Gasteiger partial charge in [0.2, 0.25) is 15.9 Å². The minimum atomic E-state index is -3.72. The van der Waals surface area contributed by atoms with Gasteiger partial charge >= 0.3 is 0 Å². The summed E-state index contributed by atoms with van der Waals surface area (Å²) in [7, 11) is -3.72. The fourth-order valence-corrected chi connectivity index (χ4v) is 6.26. The fraction of sp³-hybridized carbons (Fsp3) is 0.235. The van der Waals surface area contributed by atoms with E-state index in [1.165, 1.54) is 0 Å². The van der Waals surface area contributed by atoms with Gasteiger partial charge in [-0.3, -0.25) is 9.59 Å². The number of aryl methyl sites for hydroxylation is 1. The molecule has 2 amide bonds. The summed E-state index contributed by atoms with van der Waals surface area (Å²) in [5, 5.41) is 2.93. The maximum Gasteiger partial charge on any atom is 0.262 e. The first-order valence-electron chi connectivity index (χ1n) is 14.3. The highest BCUT2D eigenvalue weighted by molar-refractivity contribution is 7.89. The Hall–Kier alpha value is -4.47. The van der Waals surface area contributed by atoms with Crippen LogP contribution < -0.4 is 19.7 Å². The molecule has 222 valence electrons. The van der Waals surface area contributed by atoms with Crippen LogP contribution in [0, 0.1) is 0 Å². The summed E-state index contributed by atoms with van der Waals surface area (Å²) in [6.45, 7) is 2.37. The molecule has 0 fully saturated rings. The summed E-state index contributed by atoms with van der Waals surface area (Å²) >= 11 is 0. The van der Waals surface area contributed by atoms with Crippen LogP contribution in [-0.2, 0) is 32.5 Å². The van der Waals surface area contributed by atoms with Crippen molar-refractivity contribution in [3.63, 3.8) is 0 Å². The average Bonchev–Trinajstić information content (AvgIpc) is 3.04. The Morgan fingerprint density at radius 1 is 0.837 bits per heavy atom. The zero-order valence-electron chi connectivity index (χ0n) is 24.0. The highest BCUT2D eigenvalue weighted by atomic mass is 32.2. The van der Waals surface area contributed by atoms with Gasteiger partial charge in [0.05, 0.1) is 17.1 Å². The van der Waals surface area contributed by atoms with Gasteiger partial charge in [-0.25, -0.2) is 13.1 Å². The number of nitrogens with one attached hydrogen (secondary N) is 2. The number of rotatable bonds is 11. The number of ether oxygens (including phenoxy) is 1. The lowest BCUT2D eigenvalue weighted by Crippen LogP contribution is -2.51. The third-order valence-corrected chi connectivity index (χ3v) is 8.97. The third-order valence-electron chi connectivity index (χ3n) is 7.42. The van der Waals surface area contributed by atoms with Crippen LogP contribution in [0.5, 0.6) is 5.75 Å². The molecule has 4 aromatic carbocycles. The number of hydrogen-bond donors (Lipinski definition) is 2. The van der Waals surface area contributed by atoms with Crippen LogP contribution in [0.25, 0.3) is 0 Å². The van der Waals surface area contributed by atoms with Crippen LogP contribution in [0.4, 0.5) is 5.69 Å². The van der Waals surface area contributed by atoms with Crippen molar-refractivity contribution >= 4 is 27.5 Å². The summed E-state index contributed by atoms with van der Waals surface area (Å²) in [5.74, 6) is 0.0696. The summed E-state index contributed by atoms with van der Waals surface area (Å²) < 4.78 is 34.5. The zero-order valence-corrected chi connectivity index (χ0v) is 24.8. The van der Waals surface area contributed by atoms with Gasteiger partial charge in [-0.15, -0.1) is 0 Å². The minimum Gasteiger partial charge on any atom is -0.477 e. The van der Waals surface area contributed by atoms with Gasteiger partial charge in [0.25, 0.3) is 5.91 Å². The van der Waals surface area contributed by atoms with Crippen molar-refractivity contribution in [3.8, 4) is 5.75 Å². The topological polar surface area (TPSA) is 105 Å². The molecule has 0 radical (unpaired) electrons. The number of anilines is 1. The SMILES string of the molecule is C[C@H](NS(=O)(=O)c1ccc(CCC(=O)N2C[C@H](C(=O)NCCc3ccccc3)Oc3ccccc32)cc1)c1ccccc1. The van der Waals surface area contributed by atoms with E-state index in [2.05, 4.69) is 10.0 Å². The molecular formula is C34H35N3O5S. The standard InChI is InChI=1S/C34H35N3O5S/c1-25(28-12-6-3-7-13-28)36-43(40,41)29-19-16-27(17-20-29)18-21-33(38)37-24-32(42-31-15-9-8-14-30(31)37)34(39)35-23-22-26-10-4-2-5-11-26/h2-17,19-20,25,32,36H,18,21-24H2,1H3,(H,35,39)/t25-,32+/m0/s1. The van der Waals surface area contributed by atoms with Crippen molar-refractivity contribution in [3.05, 3.63) is 126 Å². The van der Waals surface area contributed by atoms with Gasteiger partial charge in [-0.1, -0.05) is 84.9 Å². The molecule has 0 saturated heterocycles. The fourth-order valence-electron chi connectivity index (χ4n) is 5.03. The van der Waals surface area contributed by atoms with Crippen molar-refractivity contribution in [1.82, 2.24) is 10.0 Å². The van der Waals surface area contributed by atoms with Gasteiger partial charge < -0.3 is 15.0 Å². The molecular weight excluding hydrogens is 562 g/mol. The van der Waals surface area contributed by atoms with E-state index in [0.717, 1.165) is 16.7 Å². The Bertz CT molecular complexity index is 1640. The van der Waals surface area contributed by atoms with Gasteiger partial charge in [-0.05, 0) is 60.7 Å². The molecule has 1 heterocycles. The largest absolute Gasteiger partial charge is 0.477 e. The Morgan fingerprint density at radius 3 is 2.19 bits per heavy atom. The summed E-state index contributed by atoms with van der Waals surface area (Å²) in [6, 6.07) is 32.6. The van der Waals surface area contributed by atoms with Crippen molar-refractivity contribution in [1.29, 1.82) is 0 Å². The zero-order chi connectivity index (χ0) is 30.2. The molecule has 1 aliphatic rings. The summed E-state index contributed by atoms with van der Waals surface area (Å²) in [5.41, 5.74) is 3.46. The first kappa shape index (κ1) is 30.0. The highest BCUT2D eigenvalue weighted by Gasteiger charge is 2.33. The predicted molar refractivity (Wildman–Crippen MR) is 166 cm³/mol. The second kappa shape index (κ2) is 13.7. The number of fused-ring (bicyclic) bond motifs is 1. The Morgan fingerprint density at radius 2 is 1.47 bits per heavy atom. The third kappa shape index (κ3) is 7.68. The van der Waals surface area contributed by atoms with Crippen LogP contribution in [-0.4, -0.2) is 39.4 Å². The van der Waals surface area contributed by atoms with Crippen LogP contribution in [0.1, 0.15) is 36.1 Å². The number of carbonyl (C=O) groups excluding carboxylic acids is 2. The van der Waals surface area contributed by atoms with Crippen molar-refractivity contribution in [2.45, 2.75) is 43.2 Å². The van der Waals surface area contributed by atoms with E-state index in [9.17, 15) is 18.0 Å². The molecule has 8 nitrogen and oxygen atoms in total. The maximum atomic E-state index is 13.4. The van der Waals surface area contributed by atoms with Crippen LogP contribution >= 0.6 is 0 Å². The number of sulfonamides is 1. The summed E-state index contributed by atoms with van der Waals surface area (Å²) in [6.07, 6.45) is 0.470. The Labute approximate surface area is 252 Å². The number of benzene rings is 4. The second-order valence-corrected chi connectivity index (χ2v) is 12.2. The van der Waals surface area contributed by atoms with Gasteiger partial charge in [0.1, 0.15) is 5.75 Å². The molecule has 4 aromatic rings. The Kier molecular flexibility index (Phi) is 9.54. The molecule has 0 bridgehead atoms. The smallest absolute Gasteiger partial charge is 0.262 e. The first-order chi connectivity index (χ1) is 20.8. The van der Waals surface area contributed by atoms with Crippen molar-refractivity contribution in [2.75, 3.05) is 18.0 Å². The highest BCUT2D eigenvalue weighted by Crippen LogP contribution is 2.33. The lowest BCUT2D eigenvalue weighted by molar-refractivity contribution is -0.128. The molecule has 5 rings (SSSR count). The quantitative estimate of drug-likeness (QED) is 0.258. The van der Waals surface area contributed by atoms with E-state index in [-0.39, 0.29) is 35.7 Å². The van der Waals surface area contributed by atoms with E-state index >= 15 is 0 Å². The lowest BCUT2D eigenvalue weighted by atomic mass is 10.1. The van der Waals surface area contributed by atoms with Crippen molar-refractivity contribution < 1.29 is 22.7 Å². The van der Waals surface area contributed by atoms with Crippen LogP contribution in [0.15, 0.2) is 114 Å². The predicted octanol–water partition coefficient (Wildman–Crippen LogP) is 4.81. The minimum absolute atomic E-state index is 0.107. The molecule has 0 spiro atoms. The van der Waals surface area contributed by atoms with Gasteiger partial charge in [-0.2, -0.15) is 0 Å². The molecule has 43 heavy (non-hydrogen) atoms. The van der Waals surface area contributed by atoms with Crippen LogP contribution in [0.3, 0.4) is 0 Å². The molecule has 2 N–H and O–H groups in total. The Balaban J connectivity index is 1.18. The normalized spacial score (nSPS) is 15.2. The summed E-state index contributed by atoms with van der Waals surface area (Å²) in [4.78, 5) is 28.2.